The molecule has 32 heavy (non-hydrogen) atoms. The molecule has 0 spiro atoms. The zero-order chi connectivity index (χ0) is 22.5. The molecule has 1 heterocycles. The molecule has 7 heteroatoms. The van der Waals surface area contributed by atoms with Crippen molar-refractivity contribution in [1.29, 1.82) is 0 Å². The molecular weight excluding hydrogens is 406 g/mol. The van der Waals surface area contributed by atoms with E-state index in [1.807, 2.05) is 48.5 Å². The van der Waals surface area contributed by atoms with Crippen molar-refractivity contribution in [3.05, 3.63) is 88.7 Å². The van der Waals surface area contributed by atoms with Crippen molar-refractivity contribution in [1.82, 2.24) is 15.1 Å². The van der Waals surface area contributed by atoms with Gasteiger partial charge in [0.25, 0.3) is 5.56 Å². The number of fused-ring (bicyclic) bond motifs is 1. The number of nitrogens with one attached hydrogen (secondary N) is 1. The van der Waals surface area contributed by atoms with Crippen molar-refractivity contribution in [3.8, 4) is 22.8 Å². The van der Waals surface area contributed by atoms with Gasteiger partial charge in [-0.05, 0) is 34.5 Å². The first-order valence-corrected chi connectivity index (χ1v) is 10.1. The maximum atomic E-state index is 12.5. The molecule has 0 atom stereocenters. The van der Waals surface area contributed by atoms with Gasteiger partial charge >= 0.3 is 0 Å². The Labute approximate surface area is 185 Å². The molecule has 7 nitrogen and oxygen atoms in total. The summed E-state index contributed by atoms with van der Waals surface area (Å²) in [5.74, 6) is 0.882. The van der Waals surface area contributed by atoms with Gasteiger partial charge in [0.15, 0.2) is 11.5 Å². The monoisotopic (exact) mass is 429 g/mol. The highest BCUT2D eigenvalue weighted by atomic mass is 16.5. The van der Waals surface area contributed by atoms with Gasteiger partial charge in [0.2, 0.25) is 5.91 Å². The number of ether oxygens (including phenoxy) is 2. The third kappa shape index (κ3) is 4.46. The number of benzene rings is 3. The van der Waals surface area contributed by atoms with Gasteiger partial charge in [0, 0.05) is 18.2 Å². The maximum absolute atomic E-state index is 12.5. The molecule has 1 N–H and O–H groups in total. The molecule has 0 aliphatic carbocycles. The van der Waals surface area contributed by atoms with Gasteiger partial charge in [-0.15, -0.1) is 0 Å². The summed E-state index contributed by atoms with van der Waals surface area (Å²) in [7, 11) is 3.12. The van der Waals surface area contributed by atoms with Gasteiger partial charge in [-0.25, -0.2) is 4.68 Å². The normalized spacial score (nSPS) is 10.7. The Bertz CT molecular complexity index is 1330. The van der Waals surface area contributed by atoms with E-state index < -0.39 is 0 Å². The predicted molar refractivity (Wildman–Crippen MR) is 123 cm³/mol. The van der Waals surface area contributed by atoms with Crippen LogP contribution in [0.1, 0.15) is 5.56 Å². The quantitative estimate of drug-likeness (QED) is 0.487. The molecule has 0 saturated heterocycles. The average Bonchev–Trinajstić information content (AvgIpc) is 2.83. The number of carbonyl (C=O) groups excluding carboxylic acids is 1. The lowest BCUT2D eigenvalue weighted by Gasteiger charge is -2.11. The van der Waals surface area contributed by atoms with Crippen LogP contribution in [0.3, 0.4) is 0 Å². The molecule has 0 aliphatic rings. The first-order valence-electron chi connectivity index (χ1n) is 10.1. The number of amides is 1. The van der Waals surface area contributed by atoms with E-state index in [1.54, 1.807) is 32.4 Å². The van der Waals surface area contributed by atoms with E-state index in [0.717, 1.165) is 21.9 Å². The Morgan fingerprint density at radius 1 is 0.938 bits per heavy atom. The number of aromatic nitrogens is 2. The largest absolute Gasteiger partial charge is 0.493 e. The lowest BCUT2D eigenvalue weighted by Crippen LogP contribution is -2.33. The Kier molecular flexibility index (Phi) is 6.17. The second-order valence-electron chi connectivity index (χ2n) is 7.21. The molecule has 4 rings (SSSR count). The van der Waals surface area contributed by atoms with Crippen LogP contribution in [0.15, 0.2) is 77.6 Å². The molecule has 0 radical (unpaired) electrons. The van der Waals surface area contributed by atoms with E-state index in [-0.39, 0.29) is 24.6 Å². The molecule has 1 aromatic heterocycles. The summed E-state index contributed by atoms with van der Waals surface area (Å²) in [6.07, 6.45) is 0. The van der Waals surface area contributed by atoms with Gasteiger partial charge in [-0.2, -0.15) is 5.10 Å². The molecule has 1 amide bonds. The van der Waals surface area contributed by atoms with E-state index in [0.29, 0.717) is 17.2 Å². The lowest BCUT2D eigenvalue weighted by atomic mass is 10.0. The number of rotatable bonds is 7. The SMILES string of the molecule is COc1ccc(CNC(=O)Cn2nc(-c3cccc4ccccc34)ccc2=O)cc1OC. The van der Waals surface area contributed by atoms with Crippen molar-refractivity contribution in [2.75, 3.05) is 14.2 Å². The first-order chi connectivity index (χ1) is 15.6. The lowest BCUT2D eigenvalue weighted by molar-refractivity contribution is -0.122. The fourth-order valence-corrected chi connectivity index (χ4v) is 3.54. The van der Waals surface area contributed by atoms with Crippen LogP contribution >= 0.6 is 0 Å². The van der Waals surface area contributed by atoms with Crippen molar-refractivity contribution >= 4 is 16.7 Å². The summed E-state index contributed by atoms with van der Waals surface area (Å²) < 4.78 is 11.7. The van der Waals surface area contributed by atoms with Crippen molar-refractivity contribution in [2.24, 2.45) is 0 Å². The Balaban J connectivity index is 1.51. The van der Waals surface area contributed by atoms with Crippen LogP contribution in [0.5, 0.6) is 11.5 Å². The molecule has 0 fully saturated rings. The van der Waals surface area contributed by atoms with Gasteiger partial charge < -0.3 is 14.8 Å². The minimum Gasteiger partial charge on any atom is -0.493 e. The molecular formula is C25H23N3O4. The maximum Gasteiger partial charge on any atom is 0.267 e. The molecule has 4 aromatic rings. The summed E-state index contributed by atoms with van der Waals surface area (Å²) in [6, 6.07) is 22.4. The Hall–Kier alpha value is -4.13. The summed E-state index contributed by atoms with van der Waals surface area (Å²) in [5.41, 5.74) is 2.05. The highest BCUT2D eigenvalue weighted by Crippen LogP contribution is 2.28. The van der Waals surface area contributed by atoms with Gasteiger partial charge in [-0.1, -0.05) is 48.5 Å². The topological polar surface area (TPSA) is 82.5 Å². The minimum absolute atomic E-state index is 0.176. The Morgan fingerprint density at radius 2 is 1.72 bits per heavy atom. The molecule has 162 valence electrons. The van der Waals surface area contributed by atoms with E-state index in [2.05, 4.69) is 10.4 Å². The van der Waals surface area contributed by atoms with Crippen LogP contribution in [0.2, 0.25) is 0 Å². The summed E-state index contributed by atoms with van der Waals surface area (Å²) in [5, 5.41) is 9.38. The zero-order valence-corrected chi connectivity index (χ0v) is 17.9. The number of hydrogen-bond acceptors (Lipinski definition) is 5. The number of methoxy groups -OCH3 is 2. The molecule has 0 unspecified atom stereocenters. The fourth-order valence-electron chi connectivity index (χ4n) is 3.54. The van der Waals surface area contributed by atoms with Crippen LogP contribution in [-0.4, -0.2) is 29.9 Å². The van der Waals surface area contributed by atoms with Crippen LogP contribution in [-0.2, 0) is 17.9 Å². The summed E-state index contributed by atoms with van der Waals surface area (Å²) >= 11 is 0. The van der Waals surface area contributed by atoms with Gasteiger partial charge in [0.05, 0.1) is 19.9 Å². The molecule has 0 saturated carbocycles. The second kappa shape index (κ2) is 9.34. The molecule has 3 aromatic carbocycles. The molecule has 0 aliphatic heterocycles. The van der Waals surface area contributed by atoms with Crippen LogP contribution in [0, 0.1) is 0 Å². The standard InChI is InChI=1S/C25H23N3O4/c1-31-22-12-10-17(14-23(22)32-2)15-26-24(29)16-28-25(30)13-11-21(27-28)20-9-5-7-18-6-3-4-8-19(18)20/h3-14H,15-16H2,1-2H3,(H,26,29). The number of carbonyl (C=O) groups is 1. The number of nitrogens with zero attached hydrogens (tertiary/aromatic N) is 2. The van der Waals surface area contributed by atoms with E-state index in [9.17, 15) is 9.59 Å². The third-order valence-electron chi connectivity index (χ3n) is 5.16. The van der Waals surface area contributed by atoms with E-state index in [4.69, 9.17) is 9.47 Å². The number of hydrogen-bond donors (Lipinski definition) is 1. The fraction of sp³-hybridized carbons (Fsp3) is 0.160. The van der Waals surface area contributed by atoms with Crippen LogP contribution < -0.4 is 20.3 Å². The summed E-state index contributed by atoms with van der Waals surface area (Å²) in [6.45, 7) is 0.113. The highest BCUT2D eigenvalue weighted by molar-refractivity contribution is 5.95. The van der Waals surface area contributed by atoms with Crippen LogP contribution in [0.25, 0.3) is 22.0 Å². The third-order valence-corrected chi connectivity index (χ3v) is 5.16. The Morgan fingerprint density at radius 3 is 2.53 bits per heavy atom. The van der Waals surface area contributed by atoms with E-state index in [1.165, 1.54) is 10.7 Å². The van der Waals surface area contributed by atoms with Crippen LogP contribution in [0.4, 0.5) is 0 Å². The summed E-state index contributed by atoms with van der Waals surface area (Å²) in [4.78, 5) is 24.8. The van der Waals surface area contributed by atoms with Gasteiger partial charge in [0.1, 0.15) is 6.54 Å². The average molecular weight is 429 g/mol. The minimum atomic E-state index is -0.338. The smallest absolute Gasteiger partial charge is 0.267 e. The molecule has 0 bridgehead atoms. The predicted octanol–water partition coefficient (Wildman–Crippen LogP) is 3.40. The highest BCUT2D eigenvalue weighted by Gasteiger charge is 2.11. The van der Waals surface area contributed by atoms with Crippen molar-refractivity contribution in [3.63, 3.8) is 0 Å². The van der Waals surface area contributed by atoms with Crippen molar-refractivity contribution in [2.45, 2.75) is 13.1 Å². The van der Waals surface area contributed by atoms with Gasteiger partial charge in [-0.3, -0.25) is 9.59 Å². The zero-order valence-electron chi connectivity index (χ0n) is 17.9. The van der Waals surface area contributed by atoms with E-state index >= 15 is 0 Å². The van der Waals surface area contributed by atoms with Crippen molar-refractivity contribution < 1.29 is 14.3 Å². The first kappa shape index (κ1) is 21.1. The second-order valence-corrected chi connectivity index (χ2v) is 7.21.